The number of amides is 1. The number of carbonyl (C=O) groups excluding carboxylic acids is 1. The van der Waals surface area contributed by atoms with Crippen LogP contribution in [0.3, 0.4) is 0 Å². The molecule has 0 aliphatic heterocycles. The van der Waals surface area contributed by atoms with Crippen molar-refractivity contribution in [3.8, 4) is 0 Å². The first-order valence-corrected chi connectivity index (χ1v) is 5.93. The molecule has 0 saturated carbocycles. The number of nitrogens with one attached hydrogen (secondary N) is 1. The zero-order chi connectivity index (χ0) is 13.5. The third-order valence-corrected chi connectivity index (χ3v) is 2.78. The maximum atomic E-state index is 13.3. The number of hydrogen-bond acceptors (Lipinski definition) is 3. The molecule has 0 saturated heterocycles. The minimum absolute atomic E-state index is 0.0172. The molecule has 0 heterocycles. The van der Waals surface area contributed by atoms with Gasteiger partial charge < -0.3 is 16.0 Å². The number of benzene rings is 1. The molecule has 1 aromatic rings. The van der Waals surface area contributed by atoms with Crippen molar-refractivity contribution in [3.63, 3.8) is 0 Å². The summed E-state index contributed by atoms with van der Waals surface area (Å²) in [6.45, 7) is 1.53. The van der Waals surface area contributed by atoms with E-state index in [2.05, 4.69) is 5.32 Å². The highest BCUT2D eigenvalue weighted by Crippen LogP contribution is 2.11. The van der Waals surface area contributed by atoms with E-state index in [1.807, 2.05) is 11.9 Å². The molecule has 4 nitrogen and oxygen atoms in total. The summed E-state index contributed by atoms with van der Waals surface area (Å²) in [7, 11) is 3.55. The first-order valence-electron chi connectivity index (χ1n) is 5.93. The van der Waals surface area contributed by atoms with E-state index in [-0.39, 0.29) is 18.3 Å². The summed E-state index contributed by atoms with van der Waals surface area (Å²) in [6, 6.07) is 4.95. The predicted octanol–water partition coefficient (Wildman–Crippen LogP) is 0.852. The van der Waals surface area contributed by atoms with Gasteiger partial charge in [0.05, 0.1) is 0 Å². The van der Waals surface area contributed by atoms with Gasteiger partial charge in [0.2, 0.25) is 5.91 Å². The van der Waals surface area contributed by atoms with Crippen molar-refractivity contribution >= 4 is 5.91 Å². The Balaban J connectivity index is 2.53. The summed E-state index contributed by atoms with van der Waals surface area (Å²) in [5.41, 5.74) is 6.98. The van der Waals surface area contributed by atoms with Gasteiger partial charge in [-0.15, -0.1) is 0 Å². The third kappa shape index (κ3) is 4.43. The Morgan fingerprint density at radius 2 is 2.22 bits per heavy atom. The number of hydrogen-bond donors (Lipinski definition) is 2. The van der Waals surface area contributed by atoms with E-state index >= 15 is 0 Å². The molecule has 0 spiro atoms. The van der Waals surface area contributed by atoms with Crippen molar-refractivity contribution in [1.29, 1.82) is 0 Å². The molecule has 0 aliphatic carbocycles. The van der Waals surface area contributed by atoms with E-state index in [0.717, 1.165) is 5.56 Å². The topological polar surface area (TPSA) is 58.4 Å². The van der Waals surface area contributed by atoms with Crippen LogP contribution in [-0.4, -0.2) is 31.4 Å². The van der Waals surface area contributed by atoms with E-state index in [4.69, 9.17) is 5.73 Å². The highest BCUT2D eigenvalue weighted by Gasteiger charge is 2.06. The maximum absolute atomic E-state index is 13.3. The first-order chi connectivity index (χ1) is 8.56. The molecule has 100 valence electrons. The lowest BCUT2D eigenvalue weighted by molar-refractivity contribution is -0.120. The lowest BCUT2D eigenvalue weighted by Crippen LogP contribution is -2.26. The molecule has 0 radical (unpaired) electrons. The van der Waals surface area contributed by atoms with Crippen LogP contribution < -0.4 is 11.1 Å². The Labute approximate surface area is 107 Å². The fraction of sp³-hybridized carbons (Fsp3) is 0.462. The minimum Gasteiger partial charge on any atom is -0.359 e. The Kier molecular flexibility index (Phi) is 5.74. The minimum atomic E-state index is -0.269. The predicted molar refractivity (Wildman–Crippen MR) is 69.3 cm³/mol. The van der Waals surface area contributed by atoms with Gasteiger partial charge >= 0.3 is 0 Å². The van der Waals surface area contributed by atoms with Crippen LogP contribution in [0.25, 0.3) is 0 Å². The van der Waals surface area contributed by atoms with Gasteiger partial charge in [-0.2, -0.15) is 0 Å². The van der Waals surface area contributed by atoms with Crippen LogP contribution in [0, 0.1) is 5.82 Å². The van der Waals surface area contributed by atoms with Gasteiger partial charge in [-0.3, -0.25) is 4.79 Å². The molecule has 18 heavy (non-hydrogen) atoms. The lowest BCUT2D eigenvalue weighted by Gasteiger charge is -2.16. The van der Waals surface area contributed by atoms with Crippen LogP contribution in [0.1, 0.15) is 17.5 Å². The van der Waals surface area contributed by atoms with Crippen LogP contribution in [0.5, 0.6) is 0 Å². The number of nitrogens with two attached hydrogens (primary N) is 1. The van der Waals surface area contributed by atoms with Gasteiger partial charge in [-0.25, -0.2) is 4.39 Å². The molecule has 0 unspecified atom stereocenters. The van der Waals surface area contributed by atoms with Crippen molar-refractivity contribution in [1.82, 2.24) is 10.2 Å². The molecular weight excluding hydrogens is 233 g/mol. The van der Waals surface area contributed by atoms with Crippen LogP contribution in [0.2, 0.25) is 0 Å². The smallest absolute Gasteiger partial charge is 0.221 e. The van der Waals surface area contributed by atoms with E-state index in [1.54, 1.807) is 19.2 Å². The first kappa shape index (κ1) is 14.6. The Hall–Kier alpha value is -1.46. The van der Waals surface area contributed by atoms with Crippen molar-refractivity contribution < 1.29 is 9.18 Å². The van der Waals surface area contributed by atoms with Gasteiger partial charge in [0.15, 0.2) is 0 Å². The van der Waals surface area contributed by atoms with Crippen LogP contribution in [0.4, 0.5) is 4.39 Å². The number of halogens is 1. The Bertz CT molecular complexity index is 409. The maximum Gasteiger partial charge on any atom is 0.221 e. The molecule has 5 heteroatoms. The summed E-state index contributed by atoms with van der Waals surface area (Å²) >= 11 is 0. The number of rotatable bonds is 6. The Morgan fingerprint density at radius 1 is 1.50 bits per heavy atom. The summed E-state index contributed by atoms with van der Waals surface area (Å²) in [5, 5.41) is 2.58. The largest absolute Gasteiger partial charge is 0.359 e. The molecule has 0 atom stereocenters. The molecule has 0 fully saturated rings. The Morgan fingerprint density at radius 3 is 2.83 bits per heavy atom. The summed E-state index contributed by atoms with van der Waals surface area (Å²) in [4.78, 5) is 13.1. The molecular formula is C13H20FN3O. The van der Waals surface area contributed by atoms with E-state index in [0.29, 0.717) is 25.1 Å². The highest BCUT2D eigenvalue weighted by molar-refractivity contribution is 5.75. The highest BCUT2D eigenvalue weighted by atomic mass is 19.1. The summed E-state index contributed by atoms with van der Waals surface area (Å²) in [6.07, 6.45) is 0.456. The van der Waals surface area contributed by atoms with Gasteiger partial charge in [-0.05, 0) is 18.7 Å². The van der Waals surface area contributed by atoms with Crippen molar-refractivity contribution in [2.75, 3.05) is 20.6 Å². The average Bonchev–Trinajstić information content (AvgIpc) is 2.38. The zero-order valence-corrected chi connectivity index (χ0v) is 10.9. The van der Waals surface area contributed by atoms with Crippen molar-refractivity contribution in [3.05, 3.63) is 35.1 Å². The van der Waals surface area contributed by atoms with Crippen molar-refractivity contribution in [2.24, 2.45) is 5.73 Å². The molecule has 0 bridgehead atoms. The zero-order valence-electron chi connectivity index (χ0n) is 10.9. The molecule has 1 aromatic carbocycles. The number of carbonyl (C=O) groups is 1. The van der Waals surface area contributed by atoms with Crippen LogP contribution >= 0.6 is 0 Å². The van der Waals surface area contributed by atoms with Gasteiger partial charge in [0, 0.05) is 38.7 Å². The quantitative estimate of drug-likeness (QED) is 0.790. The normalized spacial score (nSPS) is 10.7. The fourth-order valence-electron chi connectivity index (χ4n) is 1.69. The van der Waals surface area contributed by atoms with Gasteiger partial charge in [-0.1, -0.05) is 12.1 Å². The monoisotopic (exact) mass is 253 g/mol. The molecule has 3 N–H and O–H groups in total. The third-order valence-electron chi connectivity index (χ3n) is 2.78. The molecule has 1 rings (SSSR count). The number of nitrogens with zero attached hydrogens (tertiary/aromatic N) is 1. The summed E-state index contributed by atoms with van der Waals surface area (Å²) in [5.74, 6) is -0.252. The molecule has 1 amide bonds. The second-order valence-corrected chi connectivity index (χ2v) is 4.29. The average molecular weight is 253 g/mol. The van der Waals surface area contributed by atoms with Crippen molar-refractivity contribution in [2.45, 2.75) is 19.5 Å². The molecule has 0 aliphatic rings. The van der Waals surface area contributed by atoms with Gasteiger partial charge in [0.25, 0.3) is 0 Å². The lowest BCUT2D eigenvalue weighted by atomic mass is 10.1. The van der Waals surface area contributed by atoms with Crippen LogP contribution in [-0.2, 0) is 17.9 Å². The van der Waals surface area contributed by atoms with E-state index in [9.17, 15) is 9.18 Å². The van der Waals surface area contributed by atoms with Crippen LogP contribution in [0.15, 0.2) is 18.2 Å². The fourth-order valence-corrected chi connectivity index (χ4v) is 1.69. The second-order valence-electron chi connectivity index (χ2n) is 4.29. The second kappa shape index (κ2) is 7.08. The van der Waals surface area contributed by atoms with E-state index < -0.39 is 0 Å². The van der Waals surface area contributed by atoms with Gasteiger partial charge in [0.1, 0.15) is 5.82 Å². The standard InChI is InChI=1S/C13H20FN3O/c1-16-13(18)5-6-17(2)9-10-3-4-12(14)11(7-10)8-15/h3-4,7H,5-6,8-9,15H2,1-2H3,(H,16,18). The SMILES string of the molecule is CNC(=O)CCN(C)Cc1ccc(F)c(CN)c1. The molecule has 0 aromatic heterocycles. The summed E-state index contributed by atoms with van der Waals surface area (Å²) < 4.78 is 13.3. The van der Waals surface area contributed by atoms with E-state index in [1.165, 1.54) is 6.07 Å².